The first-order valence-corrected chi connectivity index (χ1v) is 7.30. The van der Waals surface area contributed by atoms with Crippen molar-refractivity contribution in [3.05, 3.63) is 30.1 Å². The van der Waals surface area contributed by atoms with Gasteiger partial charge in [-0.15, -0.1) is 0 Å². The van der Waals surface area contributed by atoms with Crippen LogP contribution in [0, 0.1) is 5.82 Å². The van der Waals surface area contributed by atoms with Crippen molar-refractivity contribution in [1.29, 1.82) is 0 Å². The van der Waals surface area contributed by atoms with Gasteiger partial charge in [0, 0.05) is 6.54 Å². The van der Waals surface area contributed by atoms with E-state index in [-0.39, 0.29) is 4.90 Å². The fourth-order valence-corrected chi connectivity index (χ4v) is 2.53. The first-order valence-electron chi connectivity index (χ1n) is 5.81. The molecule has 0 saturated carbocycles. The summed E-state index contributed by atoms with van der Waals surface area (Å²) in [6.45, 7) is 2.53. The normalized spacial score (nSPS) is 11.6. The molecule has 0 unspecified atom stereocenters. The minimum absolute atomic E-state index is 0.106. The van der Waals surface area contributed by atoms with Crippen molar-refractivity contribution in [2.24, 2.45) is 0 Å². The summed E-state index contributed by atoms with van der Waals surface area (Å²) in [6.07, 6.45) is 4.07. The number of sulfonamides is 1. The zero-order valence-corrected chi connectivity index (χ0v) is 10.8. The summed E-state index contributed by atoms with van der Waals surface area (Å²) in [6, 6.07) is 4.82. The van der Waals surface area contributed by atoms with E-state index < -0.39 is 15.8 Å². The highest BCUT2D eigenvalue weighted by atomic mass is 32.2. The summed E-state index contributed by atoms with van der Waals surface area (Å²) in [5.41, 5.74) is 0. The third-order valence-corrected chi connectivity index (χ3v) is 3.92. The van der Waals surface area contributed by atoms with Gasteiger partial charge in [0.25, 0.3) is 0 Å². The van der Waals surface area contributed by atoms with Crippen LogP contribution in [0.3, 0.4) is 0 Å². The van der Waals surface area contributed by atoms with E-state index in [9.17, 15) is 12.8 Å². The molecule has 1 N–H and O–H groups in total. The van der Waals surface area contributed by atoms with E-state index in [1.807, 2.05) is 0 Å². The van der Waals surface area contributed by atoms with Crippen molar-refractivity contribution in [3.8, 4) is 0 Å². The molecular weight excluding hydrogens is 241 g/mol. The topological polar surface area (TPSA) is 46.2 Å². The molecule has 1 aromatic rings. The fraction of sp³-hybridized carbons (Fsp3) is 0.500. The van der Waals surface area contributed by atoms with Crippen LogP contribution < -0.4 is 4.72 Å². The van der Waals surface area contributed by atoms with E-state index >= 15 is 0 Å². The molecule has 17 heavy (non-hydrogen) atoms. The van der Waals surface area contributed by atoms with Gasteiger partial charge in [-0.05, 0) is 30.7 Å². The number of hydrogen-bond acceptors (Lipinski definition) is 2. The van der Waals surface area contributed by atoms with E-state index in [0.29, 0.717) is 6.54 Å². The van der Waals surface area contributed by atoms with Crippen molar-refractivity contribution in [3.63, 3.8) is 0 Å². The molecule has 0 aliphatic rings. The highest BCUT2D eigenvalue weighted by Gasteiger charge is 2.12. The molecule has 0 radical (unpaired) electrons. The van der Waals surface area contributed by atoms with E-state index in [2.05, 4.69) is 11.6 Å². The second-order valence-corrected chi connectivity index (χ2v) is 5.68. The third-order valence-electron chi connectivity index (χ3n) is 2.45. The van der Waals surface area contributed by atoms with Crippen molar-refractivity contribution in [2.45, 2.75) is 37.5 Å². The Labute approximate surface area is 102 Å². The molecule has 0 bridgehead atoms. The van der Waals surface area contributed by atoms with Crippen LogP contribution in [0.15, 0.2) is 29.2 Å². The van der Waals surface area contributed by atoms with Crippen LogP contribution in [0.2, 0.25) is 0 Å². The molecule has 0 atom stereocenters. The maximum Gasteiger partial charge on any atom is 0.240 e. The Balaban J connectivity index is 2.48. The molecular formula is C12H18FNO2S. The van der Waals surface area contributed by atoms with Crippen molar-refractivity contribution < 1.29 is 12.8 Å². The summed E-state index contributed by atoms with van der Waals surface area (Å²) >= 11 is 0. The van der Waals surface area contributed by atoms with Gasteiger partial charge in [0.1, 0.15) is 5.82 Å². The van der Waals surface area contributed by atoms with Gasteiger partial charge in [-0.25, -0.2) is 17.5 Å². The first kappa shape index (κ1) is 14.1. The van der Waals surface area contributed by atoms with Gasteiger partial charge in [0.05, 0.1) is 4.90 Å². The molecule has 96 valence electrons. The van der Waals surface area contributed by atoms with Crippen molar-refractivity contribution >= 4 is 10.0 Å². The number of nitrogens with one attached hydrogen (secondary N) is 1. The van der Waals surface area contributed by atoms with Crippen LogP contribution in [0.25, 0.3) is 0 Å². The predicted octanol–water partition coefficient (Wildman–Crippen LogP) is 2.68. The summed E-state index contributed by atoms with van der Waals surface area (Å²) < 4.78 is 38.6. The van der Waals surface area contributed by atoms with E-state index in [0.717, 1.165) is 37.8 Å². The number of rotatable bonds is 7. The van der Waals surface area contributed by atoms with Gasteiger partial charge < -0.3 is 0 Å². The molecule has 0 saturated heterocycles. The molecule has 0 aliphatic heterocycles. The minimum atomic E-state index is -3.48. The van der Waals surface area contributed by atoms with E-state index in [1.165, 1.54) is 12.1 Å². The van der Waals surface area contributed by atoms with E-state index in [1.54, 1.807) is 0 Å². The Hall–Kier alpha value is -0.940. The standard InChI is InChI=1S/C12H18FNO2S/c1-2-3-4-5-10-14-17(15,16)12-8-6-11(13)7-9-12/h6-9,14H,2-5,10H2,1H3. The van der Waals surface area contributed by atoms with Gasteiger partial charge >= 0.3 is 0 Å². The van der Waals surface area contributed by atoms with Gasteiger partial charge in [0.2, 0.25) is 10.0 Å². The molecule has 1 aromatic carbocycles. The highest BCUT2D eigenvalue weighted by molar-refractivity contribution is 7.89. The Morgan fingerprint density at radius 3 is 2.35 bits per heavy atom. The van der Waals surface area contributed by atoms with E-state index in [4.69, 9.17) is 0 Å². The molecule has 0 spiro atoms. The Bertz CT molecular complexity index is 428. The lowest BCUT2D eigenvalue weighted by molar-refractivity contribution is 0.573. The Morgan fingerprint density at radius 2 is 1.76 bits per heavy atom. The lowest BCUT2D eigenvalue weighted by Gasteiger charge is -2.06. The van der Waals surface area contributed by atoms with Crippen LogP contribution in [0.1, 0.15) is 32.6 Å². The van der Waals surface area contributed by atoms with Gasteiger partial charge in [-0.1, -0.05) is 26.2 Å². The highest BCUT2D eigenvalue weighted by Crippen LogP contribution is 2.09. The maximum atomic E-state index is 12.7. The zero-order valence-electron chi connectivity index (χ0n) is 9.95. The quantitative estimate of drug-likeness (QED) is 0.765. The molecule has 0 heterocycles. The van der Waals surface area contributed by atoms with Gasteiger partial charge in [-0.3, -0.25) is 0 Å². The number of hydrogen-bond donors (Lipinski definition) is 1. The second-order valence-electron chi connectivity index (χ2n) is 3.91. The second kappa shape index (κ2) is 6.71. The van der Waals surface area contributed by atoms with Crippen LogP contribution in [0.4, 0.5) is 4.39 Å². The van der Waals surface area contributed by atoms with Crippen LogP contribution >= 0.6 is 0 Å². The fourth-order valence-electron chi connectivity index (χ4n) is 1.46. The zero-order chi connectivity index (χ0) is 12.7. The average Bonchev–Trinajstić information content (AvgIpc) is 2.29. The average molecular weight is 259 g/mol. The molecule has 0 amide bonds. The smallest absolute Gasteiger partial charge is 0.211 e. The lowest BCUT2D eigenvalue weighted by Crippen LogP contribution is -2.24. The summed E-state index contributed by atoms with van der Waals surface area (Å²) in [5, 5.41) is 0. The molecule has 5 heteroatoms. The van der Waals surface area contributed by atoms with Gasteiger partial charge in [-0.2, -0.15) is 0 Å². The number of benzene rings is 1. The van der Waals surface area contributed by atoms with Gasteiger partial charge in [0.15, 0.2) is 0 Å². The predicted molar refractivity (Wildman–Crippen MR) is 65.7 cm³/mol. The minimum Gasteiger partial charge on any atom is -0.211 e. The third kappa shape index (κ3) is 4.83. The largest absolute Gasteiger partial charge is 0.240 e. The first-order chi connectivity index (χ1) is 8.06. The van der Waals surface area contributed by atoms with Crippen LogP contribution in [-0.2, 0) is 10.0 Å². The summed E-state index contributed by atoms with van der Waals surface area (Å²) in [7, 11) is -3.48. The molecule has 0 fully saturated rings. The summed E-state index contributed by atoms with van der Waals surface area (Å²) in [4.78, 5) is 0.106. The molecule has 3 nitrogen and oxygen atoms in total. The molecule has 0 aromatic heterocycles. The molecule has 0 aliphatic carbocycles. The molecule has 1 rings (SSSR count). The van der Waals surface area contributed by atoms with Crippen LogP contribution in [0.5, 0.6) is 0 Å². The number of unbranched alkanes of at least 4 members (excludes halogenated alkanes) is 3. The van der Waals surface area contributed by atoms with Crippen LogP contribution in [-0.4, -0.2) is 15.0 Å². The Morgan fingerprint density at radius 1 is 1.12 bits per heavy atom. The number of halogens is 1. The SMILES string of the molecule is CCCCCCNS(=O)(=O)c1ccc(F)cc1. The Kier molecular flexibility index (Phi) is 5.58. The summed E-state index contributed by atoms with van der Waals surface area (Å²) in [5.74, 6) is -0.438. The monoisotopic (exact) mass is 259 g/mol. The lowest BCUT2D eigenvalue weighted by atomic mass is 10.2. The maximum absolute atomic E-state index is 12.7. The van der Waals surface area contributed by atoms with Crippen molar-refractivity contribution in [2.75, 3.05) is 6.54 Å². The van der Waals surface area contributed by atoms with Crippen molar-refractivity contribution in [1.82, 2.24) is 4.72 Å².